The molecule has 0 bridgehead atoms. The molecule has 0 saturated carbocycles. The van der Waals surface area contributed by atoms with Gasteiger partial charge >= 0.3 is 0 Å². The lowest BCUT2D eigenvalue weighted by atomic mass is 10.0. The van der Waals surface area contributed by atoms with Crippen LogP contribution in [0.4, 0.5) is 11.4 Å². The average molecular weight is 325 g/mol. The molecule has 5 nitrogen and oxygen atoms in total. The number of nitrogens with zero attached hydrogens (tertiary/aromatic N) is 3. The maximum Gasteiger partial charge on any atom is 0.203 e. The number of thiazole rings is 1. The summed E-state index contributed by atoms with van der Waals surface area (Å²) in [6, 6.07) is 15.1. The van der Waals surface area contributed by atoms with Crippen LogP contribution >= 0.6 is 11.3 Å². The number of hydrogen-bond donors (Lipinski definition) is 2. The number of fused-ring (bicyclic) bond motifs is 3. The Labute approximate surface area is 137 Å². The van der Waals surface area contributed by atoms with E-state index in [9.17, 15) is 10.4 Å². The molecule has 0 fully saturated rings. The topological polar surface area (TPSA) is 59.8 Å². The van der Waals surface area contributed by atoms with Gasteiger partial charge in [-0.3, -0.25) is 10.4 Å². The van der Waals surface area contributed by atoms with E-state index in [-0.39, 0.29) is 0 Å². The van der Waals surface area contributed by atoms with Crippen molar-refractivity contribution >= 4 is 22.7 Å². The Kier molecular flexibility index (Phi) is 3.30. The van der Waals surface area contributed by atoms with E-state index in [4.69, 9.17) is 0 Å². The van der Waals surface area contributed by atoms with E-state index in [1.54, 1.807) is 0 Å². The molecule has 23 heavy (non-hydrogen) atoms. The number of para-hydroxylation sites is 2. The first-order valence-corrected chi connectivity index (χ1v) is 8.11. The normalized spacial score (nSPS) is 14.4. The van der Waals surface area contributed by atoms with Crippen LogP contribution in [0.5, 0.6) is 0 Å². The van der Waals surface area contributed by atoms with Crippen LogP contribution in [-0.4, -0.2) is 15.4 Å². The van der Waals surface area contributed by atoms with E-state index in [0.29, 0.717) is 16.4 Å². The van der Waals surface area contributed by atoms with Gasteiger partial charge in [0, 0.05) is 22.2 Å². The summed E-state index contributed by atoms with van der Waals surface area (Å²) in [5.74, 6) is 0. The summed E-state index contributed by atoms with van der Waals surface area (Å²) in [5, 5.41) is 26.3. The van der Waals surface area contributed by atoms with Crippen LogP contribution in [0.3, 0.4) is 0 Å². The minimum absolute atomic E-state index is 0.624. The SMILES string of the molecule is Cc1csc(C2N(O)c3ccccc3-c3ccccc3N2O)n1. The van der Waals surface area contributed by atoms with E-state index in [0.717, 1.165) is 26.9 Å². The molecular formula is C17H15N3O2S. The predicted octanol–water partition coefficient (Wildman–Crippen LogP) is 4.22. The largest absolute Gasteiger partial charge is 0.286 e. The zero-order valence-electron chi connectivity index (χ0n) is 12.4. The summed E-state index contributed by atoms with van der Waals surface area (Å²) in [6.07, 6.45) is -0.793. The number of anilines is 2. The molecular weight excluding hydrogens is 310 g/mol. The maximum absolute atomic E-state index is 10.8. The van der Waals surface area contributed by atoms with Crippen molar-refractivity contribution in [3.05, 3.63) is 64.6 Å². The second-order valence-corrected chi connectivity index (χ2v) is 6.31. The van der Waals surface area contributed by atoms with Gasteiger partial charge in [0.25, 0.3) is 0 Å². The van der Waals surface area contributed by atoms with Crippen molar-refractivity contribution in [2.45, 2.75) is 13.1 Å². The fraction of sp³-hybridized carbons (Fsp3) is 0.118. The Morgan fingerprint density at radius 3 is 1.91 bits per heavy atom. The fourth-order valence-electron chi connectivity index (χ4n) is 2.87. The number of benzene rings is 2. The maximum atomic E-state index is 10.8. The van der Waals surface area contributed by atoms with E-state index < -0.39 is 6.17 Å². The fourth-order valence-corrected chi connectivity index (χ4v) is 3.73. The van der Waals surface area contributed by atoms with Crippen LogP contribution in [0, 0.1) is 6.92 Å². The minimum atomic E-state index is -0.793. The summed E-state index contributed by atoms with van der Waals surface area (Å²) in [7, 11) is 0. The molecule has 0 amide bonds. The van der Waals surface area contributed by atoms with Gasteiger partial charge in [-0.25, -0.2) is 15.1 Å². The van der Waals surface area contributed by atoms with E-state index in [1.165, 1.54) is 11.3 Å². The van der Waals surface area contributed by atoms with Gasteiger partial charge in [0.1, 0.15) is 5.01 Å². The standard InChI is InChI=1S/C17H15N3O2S/c1-11-10-23-16(18-11)17-19(21)14-8-4-2-6-12(14)13-7-3-5-9-15(13)20(17)22/h2-10,17,21-22H,1H3. The van der Waals surface area contributed by atoms with E-state index in [2.05, 4.69) is 4.98 Å². The zero-order valence-corrected chi connectivity index (χ0v) is 13.2. The summed E-state index contributed by atoms with van der Waals surface area (Å²) in [5.41, 5.74) is 3.85. The molecule has 1 aromatic heterocycles. The van der Waals surface area contributed by atoms with Crippen LogP contribution in [-0.2, 0) is 0 Å². The number of rotatable bonds is 1. The Morgan fingerprint density at radius 2 is 1.43 bits per heavy atom. The van der Waals surface area contributed by atoms with Crippen molar-refractivity contribution in [1.29, 1.82) is 0 Å². The highest BCUT2D eigenvalue weighted by Gasteiger charge is 2.34. The van der Waals surface area contributed by atoms with Crippen molar-refractivity contribution < 1.29 is 10.4 Å². The molecule has 1 aliphatic heterocycles. The Balaban J connectivity index is 1.98. The molecule has 2 heterocycles. The third kappa shape index (κ3) is 2.19. The molecule has 4 rings (SSSR count). The Hall–Kier alpha value is -2.41. The van der Waals surface area contributed by atoms with Gasteiger partial charge in [-0.2, -0.15) is 0 Å². The lowest BCUT2D eigenvalue weighted by Gasteiger charge is -2.31. The van der Waals surface area contributed by atoms with Crippen LogP contribution in [0.1, 0.15) is 16.9 Å². The monoisotopic (exact) mass is 325 g/mol. The van der Waals surface area contributed by atoms with Crippen LogP contribution in [0.25, 0.3) is 11.1 Å². The number of aromatic nitrogens is 1. The highest BCUT2D eigenvalue weighted by Crippen LogP contribution is 2.45. The van der Waals surface area contributed by atoms with Crippen molar-refractivity contribution in [2.75, 3.05) is 10.1 Å². The molecule has 0 unspecified atom stereocenters. The molecule has 2 N–H and O–H groups in total. The predicted molar refractivity (Wildman–Crippen MR) is 90.0 cm³/mol. The number of hydroxylamine groups is 2. The quantitative estimate of drug-likeness (QED) is 0.701. The highest BCUT2D eigenvalue weighted by molar-refractivity contribution is 7.09. The molecule has 0 saturated heterocycles. The van der Waals surface area contributed by atoms with Crippen LogP contribution < -0.4 is 10.1 Å². The van der Waals surface area contributed by atoms with Crippen molar-refractivity contribution in [1.82, 2.24) is 4.98 Å². The third-order valence-electron chi connectivity index (χ3n) is 3.91. The Bertz CT molecular complexity index is 813. The van der Waals surface area contributed by atoms with Gasteiger partial charge in [-0.05, 0) is 19.1 Å². The molecule has 0 atom stereocenters. The zero-order chi connectivity index (χ0) is 16.0. The lowest BCUT2D eigenvalue weighted by molar-refractivity contribution is 0.136. The molecule has 6 heteroatoms. The van der Waals surface area contributed by atoms with Crippen LogP contribution in [0.2, 0.25) is 0 Å². The lowest BCUT2D eigenvalue weighted by Crippen LogP contribution is -2.37. The van der Waals surface area contributed by atoms with Gasteiger partial charge in [-0.15, -0.1) is 11.3 Å². The van der Waals surface area contributed by atoms with Gasteiger partial charge in [0.15, 0.2) is 0 Å². The Morgan fingerprint density at radius 1 is 0.913 bits per heavy atom. The summed E-state index contributed by atoms with van der Waals surface area (Å²) < 4.78 is 0. The number of hydrogen-bond acceptors (Lipinski definition) is 6. The summed E-state index contributed by atoms with van der Waals surface area (Å²) in [4.78, 5) is 4.44. The molecule has 0 spiro atoms. The van der Waals surface area contributed by atoms with Crippen LogP contribution in [0.15, 0.2) is 53.9 Å². The van der Waals surface area contributed by atoms with Gasteiger partial charge in [-0.1, -0.05) is 36.4 Å². The first kappa shape index (κ1) is 14.2. The number of aryl methyl sites for hydroxylation is 1. The molecule has 2 aromatic carbocycles. The van der Waals surface area contributed by atoms with Gasteiger partial charge in [0.2, 0.25) is 6.17 Å². The molecule has 3 aromatic rings. The molecule has 0 aliphatic carbocycles. The highest BCUT2D eigenvalue weighted by atomic mass is 32.1. The minimum Gasteiger partial charge on any atom is -0.286 e. The van der Waals surface area contributed by atoms with Crippen molar-refractivity contribution in [2.24, 2.45) is 0 Å². The molecule has 0 radical (unpaired) electrons. The van der Waals surface area contributed by atoms with Gasteiger partial charge in [0.05, 0.1) is 11.4 Å². The second kappa shape index (κ2) is 5.34. The summed E-state index contributed by atoms with van der Waals surface area (Å²) >= 11 is 1.41. The average Bonchev–Trinajstić information content (AvgIpc) is 2.97. The molecule has 116 valence electrons. The van der Waals surface area contributed by atoms with Crippen molar-refractivity contribution in [3.8, 4) is 11.1 Å². The first-order valence-electron chi connectivity index (χ1n) is 7.23. The second-order valence-electron chi connectivity index (χ2n) is 5.42. The first-order chi connectivity index (χ1) is 11.2. The van der Waals surface area contributed by atoms with E-state index in [1.807, 2.05) is 60.8 Å². The van der Waals surface area contributed by atoms with E-state index >= 15 is 0 Å². The van der Waals surface area contributed by atoms with Crippen molar-refractivity contribution in [3.63, 3.8) is 0 Å². The smallest absolute Gasteiger partial charge is 0.203 e. The summed E-state index contributed by atoms with van der Waals surface area (Å²) in [6.45, 7) is 1.89. The third-order valence-corrected chi connectivity index (χ3v) is 4.92. The molecule has 1 aliphatic rings. The van der Waals surface area contributed by atoms with Gasteiger partial charge < -0.3 is 0 Å².